The van der Waals surface area contributed by atoms with Gasteiger partial charge in [0.05, 0.1) is 15.5 Å². The fraction of sp³-hybridized carbons (Fsp3) is 0.0714. The molecule has 0 unspecified atom stereocenters. The average molecular weight is 307 g/mol. The number of aryl methyl sites for hydroxylation is 1. The van der Waals surface area contributed by atoms with E-state index in [0.29, 0.717) is 11.1 Å². The van der Waals surface area contributed by atoms with Crippen molar-refractivity contribution in [1.29, 1.82) is 0 Å². The predicted octanol–water partition coefficient (Wildman–Crippen LogP) is 4.50. The number of benzene rings is 2. The van der Waals surface area contributed by atoms with Crippen molar-refractivity contribution in [2.75, 3.05) is 0 Å². The number of oxazole rings is 1. The fourth-order valence-electron chi connectivity index (χ4n) is 2.10. The minimum absolute atomic E-state index is 0.00306. The Bertz CT molecular complexity index is 856. The van der Waals surface area contributed by atoms with Gasteiger partial charge in [-0.2, -0.15) is 0 Å². The van der Waals surface area contributed by atoms with Crippen LogP contribution in [-0.2, 0) is 0 Å². The molecule has 3 rings (SSSR count). The third-order valence-corrected chi connectivity index (χ3v) is 3.36. The van der Waals surface area contributed by atoms with Crippen molar-refractivity contribution in [3.05, 3.63) is 56.8 Å². The van der Waals surface area contributed by atoms with Gasteiger partial charge in [-0.15, -0.1) is 0 Å². The quantitative estimate of drug-likeness (QED) is 0.516. The van der Waals surface area contributed by atoms with Crippen LogP contribution in [0.1, 0.15) is 5.56 Å². The molecule has 1 heterocycles. The van der Waals surface area contributed by atoms with E-state index in [4.69, 9.17) is 16.0 Å². The summed E-state index contributed by atoms with van der Waals surface area (Å²) in [5, 5.41) is 11.0. The first kappa shape index (κ1) is 13.5. The molecule has 0 amide bonds. The number of non-ortho nitro benzene ring substituents is 1. The van der Waals surface area contributed by atoms with Crippen LogP contribution >= 0.6 is 11.6 Å². The Labute approximate surface area is 123 Å². The number of rotatable bonds is 2. The van der Waals surface area contributed by atoms with E-state index in [1.165, 1.54) is 30.3 Å². The van der Waals surface area contributed by atoms with Crippen molar-refractivity contribution < 1.29 is 13.7 Å². The Hall–Kier alpha value is -2.47. The first-order valence-corrected chi connectivity index (χ1v) is 6.35. The van der Waals surface area contributed by atoms with Gasteiger partial charge in [-0.25, -0.2) is 9.37 Å². The van der Waals surface area contributed by atoms with Crippen molar-refractivity contribution in [2.24, 2.45) is 0 Å². The van der Waals surface area contributed by atoms with E-state index in [1.54, 1.807) is 6.92 Å². The molecule has 3 aromatic rings. The van der Waals surface area contributed by atoms with Crippen molar-refractivity contribution in [2.45, 2.75) is 6.92 Å². The first-order chi connectivity index (χ1) is 9.97. The smallest absolute Gasteiger partial charge is 0.272 e. The van der Waals surface area contributed by atoms with Crippen LogP contribution in [0, 0.1) is 22.9 Å². The SMILES string of the molecule is Cc1cc([N+](=O)[O-])cc2nc(-c3c(F)cccc3Cl)oc12. The maximum absolute atomic E-state index is 13.9. The normalized spacial score (nSPS) is 11.0. The van der Waals surface area contributed by atoms with Gasteiger partial charge in [0.2, 0.25) is 5.89 Å². The summed E-state index contributed by atoms with van der Waals surface area (Å²) >= 11 is 5.96. The Balaban J connectivity index is 2.27. The lowest BCUT2D eigenvalue weighted by Crippen LogP contribution is -1.88. The number of aromatic nitrogens is 1. The van der Waals surface area contributed by atoms with E-state index < -0.39 is 10.7 Å². The van der Waals surface area contributed by atoms with Crippen LogP contribution in [0.3, 0.4) is 0 Å². The Morgan fingerprint density at radius 3 is 2.81 bits per heavy atom. The maximum Gasteiger partial charge on any atom is 0.272 e. The van der Waals surface area contributed by atoms with Gasteiger partial charge in [-0.1, -0.05) is 17.7 Å². The Morgan fingerprint density at radius 1 is 1.38 bits per heavy atom. The molecule has 0 fully saturated rings. The minimum Gasteiger partial charge on any atom is -0.436 e. The van der Waals surface area contributed by atoms with Crippen LogP contribution in [-0.4, -0.2) is 9.91 Å². The lowest BCUT2D eigenvalue weighted by atomic mass is 10.2. The topological polar surface area (TPSA) is 69.2 Å². The summed E-state index contributed by atoms with van der Waals surface area (Å²) in [5.74, 6) is -0.571. The van der Waals surface area contributed by atoms with Gasteiger partial charge in [0.25, 0.3) is 5.69 Å². The van der Waals surface area contributed by atoms with E-state index in [0.717, 1.165) is 0 Å². The molecule has 2 aromatic carbocycles. The van der Waals surface area contributed by atoms with E-state index in [-0.39, 0.29) is 27.7 Å². The molecule has 0 atom stereocenters. The zero-order valence-corrected chi connectivity index (χ0v) is 11.5. The second-order valence-corrected chi connectivity index (χ2v) is 4.89. The van der Waals surface area contributed by atoms with Crippen LogP contribution < -0.4 is 0 Å². The molecule has 1 aromatic heterocycles. The summed E-state index contributed by atoms with van der Waals surface area (Å²) < 4.78 is 19.4. The van der Waals surface area contributed by atoms with Gasteiger partial charge in [0.1, 0.15) is 11.3 Å². The second kappa shape index (κ2) is 4.82. The zero-order chi connectivity index (χ0) is 15.1. The fourth-order valence-corrected chi connectivity index (χ4v) is 2.34. The molecule has 7 heteroatoms. The van der Waals surface area contributed by atoms with Gasteiger partial charge in [-0.05, 0) is 19.1 Å². The number of nitro benzene ring substituents is 1. The number of nitrogens with zero attached hydrogens (tertiary/aromatic N) is 2. The summed E-state index contributed by atoms with van der Waals surface area (Å²) in [6.07, 6.45) is 0. The van der Waals surface area contributed by atoms with Gasteiger partial charge in [-0.3, -0.25) is 10.1 Å². The van der Waals surface area contributed by atoms with Crippen LogP contribution in [0.25, 0.3) is 22.6 Å². The summed E-state index contributed by atoms with van der Waals surface area (Å²) in [7, 11) is 0. The molecular formula is C14H8ClFN2O3. The predicted molar refractivity (Wildman–Crippen MR) is 75.8 cm³/mol. The Kier molecular flexibility index (Phi) is 3.10. The average Bonchev–Trinajstić information content (AvgIpc) is 2.82. The molecule has 5 nitrogen and oxygen atoms in total. The third kappa shape index (κ3) is 2.23. The van der Waals surface area contributed by atoms with E-state index in [9.17, 15) is 14.5 Å². The number of hydrogen-bond donors (Lipinski definition) is 0. The molecule has 106 valence electrons. The summed E-state index contributed by atoms with van der Waals surface area (Å²) in [6, 6.07) is 6.89. The third-order valence-electron chi connectivity index (χ3n) is 3.05. The van der Waals surface area contributed by atoms with Gasteiger partial charge >= 0.3 is 0 Å². The highest BCUT2D eigenvalue weighted by molar-refractivity contribution is 6.33. The molecule has 0 saturated carbocycles. The highest BCUT2D eigenvalue weighted by Crippen LogP contribution is 2.34. The molecule has 0 bridgehead atoms. The molecule has 0 radical (unpaired) electrons. The second-order valence-electron chi connectivity index (χ2n) is 4.48. The van der Waals surface area contributed by atoms with Crippen LogP contribution in [0.2, 0.25) is 5.02 Å². The molecular weight excluding hydrogens is 299 g/mol. The molecule has 0 N–H and O–H groups in total. The summed E-state index contributed by atoms with van der Waals surface area (Å²) in [5.41, 5.74) is 1.15. The standard InChI is InChI=1S/C14H8ClFN2O3/c1-7-5-8(18(19)20)6-11-13(7)21-14(17-11)12-9(15)3-2-4-10(12)16/h2-6H,1H3. The Morgan fingerprint density at radius 2 is 2.14 bits per heavy atom. The van der Waals surface area contributed by atoms with Gasteiger partial charge in [0, 0.05) is 17.7 Å². The number of halogens is 2. The minimum atomic E-state index is -0.568. The van der Waals surface area contributed by atoms with Gasteiger partial charge < -0.3 is 4.42 Å². The van der Waals surface area contributed by atoms with Crippen LogP contribution in [0.5, 0.6) is 0 Å². The van der Waals surface area contributed by atoms with Crippen LogP contribution in [0.15, 0.2) is 34.7 Å². The van der Waals surface area contributed by atoms with Crippen LogP contribution in [0.4, 0.5) is 10.1 Å². The molecule has 0 aliphatic heterocycles. The van der Waals surface area contributed by atoms with Crippen molar-refractivity contribution in [1.82, 2.24) is 4.98 Å². The number of fused-ring (bicyclic) bond motifs is 1. The van der Waals surface area contributed by atoms with E-state index in [2.05, 4.69) is 4.98 Å². The van der Waals surface area contributed by atoms with Crippen molar-refractivity contribution in [3.8, 4) is 11.5 Å². The zero-order valence-electron chi connectivity index (χ0n) is 10.8. The van der Waals surface area contributed by atoms with Crippen molar-refractivity contribution in [3.63, 3.8) is 0 Å². The molecule has 0 spiro atoms. The number of hydrogen-bond acceptors (Lipinski definition) is 4. The van der Waals surface area contributed by atoms with Crippen molar-refractivity contribution >= 4 is 28.4 Å². The summed E-state index contributed by atoms with van der Waals surface area (Å²) in [6.45, 7) is 1.66. The molecule has 0 aliphatic rings. The first-order valence-electron chi connectivity index (χ1n) is 5.97. The highest BCUT2D eigenvalue weighted by atomic mass is 35.5. The monoisotopic (exact) mass is 306 g/mol. The van der Waals surface area contributed by atoms with E-state index in [1.807, 2.05) is 0 Å². The number of nitro groups is 1. The lowest BCUT2D eigenvalue weighted by Gasteiger charge is -2.00. The summed E-state index contributed by atoms with van der Waals surface area (Å²) in [4.78, 5) is 14.4. The molecule has 0 saturated heterocycles. The maximum atomic E-state index is 13.9. The lowest BCUT2D eigenvalue weighted by molar-refractivity contribution is -0.384. The largest absolute Gasteiger partial charge is 0.436 e. The molecule has 0 aliphatic carbocycles. The van der Waals surface area contributed by atoms with E-state index >= 15 is 0 Å². The highest BCUT2D eigenvalue weighted by Gasteiger charge is 2.19. The van der Waals surface area contributed by atoms with Gasteiger partial charge in [0.15, 0.2) is 5.58 Å². The molecule has 21 heavy (non-hydrogen) atoms.